The van der Waals surface area contributed by atoms with Crippen LogP contribution in [0.3, 0.4) is 0 Å². The Balaban J connectivity index is 2.09. The number of methoxy groups -OCH3 is 1. The van der Waals surface area contributed by atoms with Crippen LogP contribution in [0.1, 0.15) is 19.2 Å². The molecule has 2 unspecified atom stereocenters. The summed E-state index contributed by atoms with van der Waals surface area (Å²) in [6, 6.07) is 6.04. The summed E-state index contributed by atoms with van der Waals surface area (Å²) in [6.07, 6.45) is 1.31. The lowest BCUT2D eigenvalue weighted by molar-refractivity contribution is 0.419. The summed E-state index contributed by atoms with van der Waals surface area (Å²) < 4.78 is 7.61. The molecule has 1 aromatic heterocycles. The summed E-state index contributed by atoms with van der Waals surface area (Å²) in [5.74, 6) is 3.81. The second-order valence-corrected chi connectivity index (χ2v) is 5.34. The van der Waals surface area contributed by atoms with Crippen LogP contribution in [-0.4, -0.2) is 16.7 Å². The molecule has 0 N–H and O–H groups in total. The number of aromatic nitrogens is 2. The van der Waals surface area contributed by atoms with Crippen LogP contribution in [0, 0.1) is 11.8 Å². The summed E-state index contributed by atoms with van der Waals surface area (Å²) in [6.45, 7) is 3.32. The molecule has 0 radical (unpaired) electrons. The van der Waals surface area contributed by atoms with Gasteiger partial charge >= 0.3 is 0 Å². The van der Waals surface area contributed by atoms with Gasteiger partial charge in [0.2, 0.25) is 0 Å². The fraction of sp³-hybridized carbons (Fsp3) is 0.500. The number of benzene rings is 1. The molecule has 1 fully saturated rings. The zero-order chi connectivity index (χ0) is 12.7. The molecule has 0 spiro atoms. The molecule has 96 valence electrons. The number of rotatable bonds is 4. The number of para-hydroxylation sites is 1. The number of halogens is 1. The smallest absolute Gasteiger partial charge is 0.146 e. The Morgan fingerprint density at radius 2 is 2.28 bits per heavy atom. The van der Waals surface area contributed by atoms with Crippen LogP contribution in [0.5, 0.6) is 5.75 Å². The van der Waals surface area contributed by atoms with E-state index in [1.54, 1.807) is 7.11 Å². The van der Waals surface area contributed by atoms with Crippen LogP contribution in [-0.2, 0) is 12.4 Å². The van der Waals surface area contributed by atoms with Gasteiger partial charge in [-0.05, 0) is 30.4 Å². The van der Waals surface area contributed by atoms with E-state index in [-0.39, 0.29) is 0 Å². The summed E-state index contributed by atoms with van der Waals surface area (Å²) in [5, 5.41) is 0. The number of imidazole rings is 1. The predicted molar refractivity (Wildman–Crippen MR) is 73.1 cm³/mol. The Hall–Kier alpha value is -1.22. The number of hydrogen-bond donors (Lipinski definition) is 0. The van der Waals surface area contributed by atoms with Crippen molar-refractivity contribution in [2.24, 2.45) is 11.8 Å². The maximum atomic E-state index is 6.02. The Morgan fingerprint density at radius 1 is 1.50 bits per heavy atom. The summed E-state index contributed by atoms with van der Waals surface area (Å²) in [5.41, 5.74) is 2.05. The minimum absolute atomic E-state index is 0.443. The number of alkyl halides is 1. The zero-order valence-electron chi connectivity index (χ0n) is 10.7. The van der Waals surface area contributed by atoms with E-state index in [0.29, 0.717) is 5.88 Å². The maximum Gasteiger partial charge on any atom is 0.146 e. The molecular formula is C14H17ClN2O. The summed E-state index contributed by atoms with van der Waals surface area (Å²) in [7, 11) is 1.68. The topological polar surface area (TPSA) is 27.1 Å². The highest BCUT2D eigenvalue weighted by atomic mass is 35.5. The highest BCUT2D eigenvalue weighted by Crippen LogP contribution is 2.40. The van der Waals surface area contributed by atoms with Crippen LogP contribution < -0.4 is 4.74 Å². The van der Waals surface area contributed by atoms with E-state index in [1.807, 2.05) is 12.1 Å². The third-order valence-electron chi connectivity index (χ3n) is 3.85. The second kappa shape index (κ2) is 4.47. The van der Waals surface area contributed by atoms with Crippen molar-refractivity contribution >= 4 is 22.6 Å². The SMILES string of the molecule is COc1cccc2c1nc(CCl)n2CC1CC1C. The third-order valence-corrected chi connectivity index (χ3v) is 4.09. The molecule has 1 aromatic carbocycles. The molecule has 1 heterocycles. The predicted octanol–water partition coefficient (Wildman–Crippen LogP) is 3.44. The minimum Gasteiger partial charge on any atom is -0.494 e. The first-order valence-corrected chi connectivity index (χ1v) is 6.86. The Kier molecular flexibility index (Phi) is 2.94. The van der Waals surface area contributed by atoms with Gasteiger partial charge in [0, 0.05) is 6.54 Å². The Morgan fingerprint density at radius 3 is 2.89 bits per heavy atom. The van der Waals surface area contributed by atoms with Gasteiger partial charge in [0.05, 0.1) is 18.5 Å². The molecule has 1 aliphatic carbocycles. The minimum atomic E-state index is 0.443. The normalized spacial score (nSPS) is 22.4. The van der Waals surface area contributed by atoms with Crippen LogP contribution in [0.25, 0.3) is 11.0 Å². The van der Waals surface area contributed by atoms with E-state index in [9.17, 15) is 0 Å². The summed E-state index contributed by atoms with van der Waals surface area (Å²) in [4.78, 5) is 4.61. The van der Waals surface area contributed by atoms with Crippen molar-refractivity contribution in [3.05, 3.63) is 24.0 Å². The number of nitrogens with zero attached hydrogens (tertiary/aromatic N) is 2. The van der Waals surface area contributed by atoms with E-state index in [2.05, 4.69) is 22.5 Å². The molecule has 3 nitrogen and oxygen atoms in total. The largest absolute Gasteiger partial charge is 0.494 e. The fourth-order valence-electron chi connectivity index (χ4n) is 2.53. The maximum absolute atomic E-state index is 6.02. The molecule has 3 rings (SSSR count). The molecule has 2 atom stereocenters. The lowest BCUT2D eigenvalue weighted by atomic mass is 10.2. The van der Waals surface area contributed by atoms with E-state index >= 15 is 0 Å². The van der Waals surface area contributed by atoms with Gasteiger partial charge in [0.1, 0.15) is 17.1 Å². The van der Waals surface area contributed by atoms with Gasteiger partial charge in [-0.15, -0.1) is 11.6 Å². The van der Waals surface area contributed by atoms with E-state index in [1.165, 1.54) is 6.42 Å². The average molecular weight is 265 g/mol. The van der Waals surface area contributed by atoms with E-state index in [0.717, 1.165) is 41.0 Å². The summed E-state index contributed by atoms with van der Waals surface area (Å²) >= 11 is 6.02. The van der Waals surface area contributed by atoms with Crippen LogP contribution >= 0.6 is 11.6 Å². The van der Waals surface area contributed by atoms with Gasteiger partial charge in [-0.2, -0.15) is 0 Å². The van der Waals surface area contributed by atoms with Crippen LogP contribution in [0.2, 0.25) is 0 Å². The molecule has 2 aromatic rings. The molecule has 0 amide bonds. The first kappa shape index (κ1) is 11.8. The second-order valence-electron chi connectivity index (χ2n) is 5.07. The van der Waals surface area contributed by atoms with Crippen LogP contribution in [0.15, 0.2) is 18.2 Å². The average Bonchev–Trinajstić information content (AvgIpc) is 2.96. The van der Waals surface area contributed by atoms with Crippen molar-refractivity contribution < 1.29 is 4.74 Å². The molecule has 0 bridgehead atoms. The van der Waals surface area contributed by atoms with Gasteiger partial charge in [-0.3, -0.25) is 0 Å². The van der Waals surface area contributed by atoms with Gasteiger partial charge < -0.3 is 9.30 Å². The lowest BCUT2D eigenvalue weighted by Crippen LogP contribution is -2.04. The van der Waals surface area contributed by atoms with Gasteiger partial charge in [-0.25, -0.2) is 4.98 Å². The standard InChI is InChI=1S/C14H17ClN2O/c1-9-6-10(9)8-17-11-4-3-5-12(18-2)14(11)16-13(17)7-15/h3-5,9-10H,6-8H2,1-2H3. The molecule has 1 saturated carbocycles. The van der Waals surface area contributed by atoms with Gasteiger partial charge in [-0.1, -0.05) is 13.0 Å². The fourth-order valence-corrected chi connectivity index (χ4v) is 2.73. The van der Waals surface area contributed by atoms with Gasteiger partial charge in [0.25, 0.3) is 0 Å². The van der Waals surface area contributed by atoms with Gasteiger partial charge in [0.15, 0.2) is 0 Å². The van der Waals surface area contributed by atoms with Crippen molar-refractivity contribution in [3.8, 4) is 5.75 Å². The molecule has 0 aliphatic heterocycles. The lowest BCUT2D eigenvalue weighted by Gasteiger charge is -2.07. The quantitative estimate of drug-likeness (QED) is 0.791. The molecular weight excluding hydrogens is 248 g/mol. The zero-order valence-corrected chi connectivity index (χ0v) is 11.4. The molecule has 1 aliphatic rings. The van der Waals surface area contributed by atoms with Crippen LogP contribution in [0.4, 0.5) is 0 Å². The number of ether oxygens (including phenoxy) is 1. The number of fused-ring (bicyclic) bond motifs is 1. The van der Waals surface area contributed by atoms with Crippen molar-refractivity contribution in [2.45, 2.75) is 25.8 Å². The third kappa shape index (κ3) is 1.87. The molecule has 0 saturated heterocycles. The first-order chi connectivity index (χ1) is 8.74. The Bertz CT molecular complexity index is 578. The van der Waals surface area contributed by atoms with Crippen molar-refractivity contribution in [2.75, 3.05) is 7.11 Å². The highest BCUT2D eigenvalue weighted by molar-refractivity contribution is 6.16. The van der Waals surface area contributed by atoms with Crippen molar-refractivity contribution in [3.63, 3.8) is 0 Å². The first-order valence-electron chi connectivity index (χ1n) is 6.32. The van der Waals surface area contributed by atoms with Crippen molar-refractivity contribution in [1.82, 2.24) is 9.55 Å². The van der Waals surface area contributed by atoms with E-state index < -0.39 is 0 Å². The Labute approximate surface area is 112 Å². The number of hydrogen-bond acceptors (Lipinski definition) is 2. The monoisotopic (exact) mass is 264 g/mol. The van der Waals surface area contributed by atoms with Crippen molar-refractivity contribution in [1.29, 1.82) is 0 Å². The van der Waals surface area contributed by atoms with E-state index in [4.69, 9.17) is 16.3 Å². The molecule has 4 heteroatoms. The molecule has 18 heavy (non-hydrogen) atoms. The highest BCUT2D eigenvalue weighted by Gasteiger charge is 2.33.